The molecule has 3 fully saturated rings. The van der Waals surface area contributed by atoms with Crippen LogP contribution in [0.1, 0.15) is 13.3 Å². The Kier molecular flexibility index (Phi) is 6.87. The Bertz CT molecular complexity index is 933. The highest BCUT2D eigenvalue weighted by Crippen LogP contribution is 2.31. The molecule has 11 heteroatoms. The number of benzene rings is 1. The van der Waals surface area contributed by atoms with Crippen molar-refractivity contribution >= 4 is 41.0 Å². The van der Waals surface area contributed by atoms with Gasteiger partial charge < -0.3 is 15.1 Å². The molecule has 3 aliphatic rings. The lowest BCUT2D eigenvalue weighted by atomic mass is 9.85. The number of carbonyl (C=O) groups excluding carboxylic acids is 4. The first-order chi connectivity index (χ1) is 15.8. The van der Waals surface area contributed by atoms with Gasteiger partial charge in [0.2, 0.25) is 17.7 Å². The first-order valence-corrected chi connectivity index (χ1v) is 11.5. The summed E-state index contributed by atoms with van der Waals surface area (Å²) in [5.74, 6) is -1.25. The fraction of sp³-hybridized carbons (Fsp3) is 0.545. The average molecular weight is 477 g/mol. The van der Waals surface area contributed by atoms with Crippen molar-refractivity contribution in [3.05, 3.63) is 29.3 Å². The highest BCUT2D eigenvalue weighted by atomic mass is 35.5. The van der Waals surface area contributed by atoms with Crippen molar-refractivity contribution in [3.63, 3.8) is 0 Å². The fourth-order valence-corrected chi connectivity index (χ4v) is 5.08. The number of halogens is 1. The summed E-state index contributed by atoms with van der Waals surface area (Å²) in [6.45, 7) is 4.47. The predicted molar refractivity (Wildman–Crippen MR) is 122 cm³/mol. The van der Waals surface area contributed by atoms with Gasteiger partial charge in [0.1, 0.15) is 6.54 Å². The van der Waals surface area contributed by atoms with Crippen LogP contribution in [-0.2, 0) is 14.4 Å². The quantitative estimate of drug-likeness (QED) is 0.660. The lowest BCUT2D eigenvalue weighted by molar-refractivity contribution is -0.148. The number of piperidine rings is 1. The molecule has 5 amide bonds. The minimum atomic E-state index is -0.498. The number of urea groups is 1. The number of imide groups is 1. The van der Waals surface area contributed by atoms with Gasteiger partial charge in [0.25, 0.3) is 0 Å². The van der Waals surface area contributed by atoms with Crippen LogP contribution in [0.5, 0.6) is 0 Å². The van der Waals surface area contributed by atoms with Crippen LogP contribution in [0.15, 0.2) is 24.3 Å². The first-order valence-electron chi connectivity index (χ1n) is 11.1. The normalized spacial score (nSPS) is 26.3. The summed E-state index contributed by atoms with van der Waals surface area (Å²) in [6, 6.07) is 6.04. The minimum Gasteiger partial charge on any atom is -0.340 e. The Labute approximate surface area is 197 Å². The number of hydrogen-bond donors (Lipinski definition) is 2. The number of piperazine rings is 1. The molecule has 0 spiro atoms. The molecule has 1 aromatic rings. The summed E-state index contributed by atoms with van der Waals surface area (Å²) < 4.78 is 0. The highest BCUT2D eigenvalue weighted by molar-refractivity contribution is 6.30. The van der Waals surface area contributed by atoms with Gasteiger partial charge in [0.05, 0.1) is 12.1 Å². The second-order valence-electron chi connectivity index (χ2n) is 8.70. The number of rotatable bonds is 4. The van der Waals surface area contributed by atoms with Gasteiger partial charge in [-0.2, -0.15) is 0 Å². The van der Waals surface area contributed by atoms with Gasteiger partial charge in [-0.3, -0.25) is 29.5 Å². The second kappa shape index (κ2) is 9.66. The maximum Gasteiger partial charge on any atom is 0.328 e. The van der Waals surface area contributed by atoms with E-state index in [1.54, 1.807) is 43.1 Å². The Morgan fingerprint density at radius 3 is 2.42 bits per heavy atom. The lowest BCUT2D eigenvalue weighted by Gasteiger charge is -2.52. The molecule has 0 saturated carbocycles. The summed E-state index contributed by atoms with van der Waals surface area (Å²) in [4.78, 5) is 57.4. The molecule has 10 nitrogen and oxygen atoms in total. The smallest absolute Gasteiger partial charge is 0.328 e. The van der Waals surface area contributed by atoms with E-state index >= 15 is 0 Å². The Hall–Kier alpha value is -2.69. The molecule has 3 saturated heterocycles. The van der Waals surface area contributed by atoms with Crippen molar-refractivity contribution in [2.75, 3.05) is 51.6 Å². The molecule has 0 aromatic heterocycles. The third-order valence-corrected chi connectivity index (χ3v) is 6.96. The zero-order chi connectivity index (χ0) is 23.7. The zero-order valence-corrected chi connectivity index (χ0v) is 19.5. The fourth-order valence-electron chi connectivity index (χ4n) is 4.96. The maximum absolute atomic E-state index is 13.5. The maximum atomic E-state index is 13.5. The summed E-state index contributed by atoms with van der Waals surface area (Å²) in [7, 11) is 1.65. The summed E-state index contributed by atoms with van der Waals surface area (Å²) >= 11 is 5.88. The number of anilines is 1. The highest BCUT2D eigenvalue weighted by Gasteiger charge is 2.51. The van der Waals surface area contributed by atoms with Crippen molar-refractivity contribution in [3.8, 4) is 0 Å². The lowest BCUT2D eigenvalue weighted by Crippen LogP contribution is -2.72. The molecule has 0 bridgehead atoms. The molecule has 3 atom stereocenters. The molecule has 2 N–H and O–H groups in total. The van der Waals surface area contributed by atoms with Crippen molar-refractivity contribution in [2.24, 2.45) is 5.92 Å². The number of nitrogens with one attached hydrogen (secondary N) is 2. The van der Waals surface area contributed by atoms with E-state index in [4.69, 9.17) is 11.6 Å². The van der Waals surface area contributed by atoms with Gasteiger partial charge in [-0.25, -0.2) is 4.79 Å². The number of carbonyl (C=O) groups is 4. The van der Waals surface area contributed by atoms with Gasteiger partial charge in [-0.15, -0.1) is 0 Å². The third-order valence-electron chi connectivity index (χ3n) is 6.71. The Balaban J connectivity index is 1.48. The summed E-state index contributed by atoms with van der Waals surface area (Å²) in [5.41, 5.74) is 0.535. The number of amides is 5. The molecule has 3 heterocycles. The van der Waals surface area contributed by atoms with Crippen LogP contribution in [-0.4, -0.2) is 102 Å². The molecule has 4 rings (SSSR count). The molecule has 3 aliphatic heterocycles. The van der Waals surface area contributed by atoms with E-state index in [-0.39, 0.29) is 24.4 Å². The van der Waals surface area contributed by atoms with Crippen LogP contribution >= 0.6 is 11.6 Å². The summed E-state index contributed by atoms with van der Waals surface area (Å²) in [6.07, 6.45) is 0.324. The number of hydrogen-bond acceptors (Lipinski definition) is 6. The van der Waals surface area contributed by atoms with Crippen molar-refractivity contribution in [1.82, 2.24) is 24.9 Å². The topological polar surface area (TPSA) is 105 Å². The van der Waals surface area contributed by atoms with E-state index in [2.05, 4.69) is 15.5 Å². The SMILES string of the molecule is CC(=O)N1CCN(C2CCNC3C2C(=O)N(CC(=O)Nc2ccc(Cl)cc2)C(=O)N3C)CC1. The van der Waals surface area contributed by atoms with Crippen LogP contribution in [0, 0.1) is 5.92 Å². The molecule has 178 valence electrons. The average Bonchev–Trinajstić information content (AvgIpc) is 2.81. The van der Waals surface area contributed by atoms with Gasteiger partial charge >= 0.3 is 6.03 Å². The molecular formula is C22H29ClN6O4. The first kappa shape index (κ1) is 23.5. The Morgan fingerprint density at radius 1 is 1.12 bits per heavy atom. The standard InChI is InChI=1S/C22H29ClN6O4/c1-14(30)27-9-11-28(12-10-27)17-7-8-24-20-19(17)21(32)29(22(33)26(20)2)13-18(31)25-16-5-3-15(23)4-6-16/h3-6,17,19-20,24H,7-13H2,1-2H3,(H,25,31). The van der Waals surface area contributed by atoms with Crippen molar-refractivity contribution in [2.45, 2.75) is 25.6 Å². The number of nitrogens with zero attached hydrogens (tertiary/aromatic N) is 4. The molecular weight excluding hydrogens is 448 g/mol. The van der Waals surface area contributed by atoms with E-state index < -0.39 is 24.0 Å². The third kappa shape index (κ3) is 4.83. The van der Waals surface area contributed by atoms with Crippen molar-refractivity contribution in [1.29, 1.82) is 0 Å². The van der Waals surface area contributed by atoms with E-state index in [1.165, 1.54) is 4.90 Å². The molecule has 33 heavy (non-hydrogen) atoms. The zero-order valence-electron chi connectivity index (χ0n) is 18.8. The predicted octanol–water partition coefficient (Wildman–Crippen LogP) is 0.641. The summed E-state index contributed by atoms with van der Waals surface area (Å²) in [5, 5.41) is 6.55. The minimum absolute atomic E-state index is 0.0507. The Morgan fingerprint density at radius 2 is 1.79 bits per heavy atom. The second-order valence-corrected chi connectivity index (χ2v) is 9.13. The monoisotopic (exact) mass is 476 g/mol. The van der Waals surface area contributed by atoms with Gasteiger partial charge in [0.15, 0.2) is 0 Å². The molecule has 0 aliphatic carbocycles. The molecule has 0 radical (unpaired) electrons. The van der Waals surface area contributed by atoms with Crippen LogP contribution in [0.4, 0.5) is 10.5 Å². The van der Waals surface area contributed by atoms with Gasteiger partial charge in [-0.1, -0.05) is 11.6 Å². The van der Waals surface area contributed by atoms with E-state index in [9.17, 15) is 19.2 Å². The molecule has 1 aromatic carbocycles. The van der Waals surface area contributed by atoms with Crippen molar-refractivity contribution < 1.29 is 19.2 Å². The largest absolute Gasteiger partial charge is 0.340 e. The van der Waals surface area contributed by atoms with Crippen LogP contribution < -0.4 is 10.6 Å². The van der Waals surface area contributed by atoms with Crippen LogP contribution in [0.3, 0.4) is 0 Å². The van der Waals surface area contributed by atoms with Crippen LogP contribution in [0.25, 0.3) is 0 Å². The van der Waals surface area contributed by atoms with Crippen LogP contribution in [0.2, 0.25) is 5.02 Å². The van der Waals surface area contributed by atoms with E-state index in [0.29, 0.717) is 43.4 Å². The van der Waals surface area contributed by atoms with E-state index in [1.807, 2.05) is 0 Å². The van der Waals surface area contributed by atoms with Gasteiger partial charge in [-0.05, 0) is 37.2 Å². The van der Waals surface area contributed by atoms with E-state index in [0.717, 1.165) is 11.3 Å². The molecule has 3 unspecified atom stereocenters. The van der Waals surface area contributed by atoms with Gasteiger partial charge in [0, 0.05) is 56.9 Å². The number of fused-ring (bicyclic) bond motifs is 1.